The maximum absolute atomic E-state index is 13.0. The van der Waals surface area contributed by atoms with E-state index in [4.69, 9.17) is 21.1 Å². The van der Waals surface area contributed by atoms with Gasteiger partial charge in [0.05, 0.1) is 30.4 Å². The monoisotopic (exact) mass is 359 g/mol. The molecular weight excluding hydrogens is 346 g/mol. The van der Waals surface area contributed by atoms with E-state index in [1.807, 2.05) is 0 Å². The summed E-state index contributed by atoms with van der Waals surface area (Å²) < 4.78 is 10.3. The van der Waals surface area contributed by atoms with Crippen molar-refractivity contribution in [2.24, 2.45) is 0 Å². The summed E-state index contributed by atoms with van der Waals surface area (Å²) in [5.41, 5.74) is -1.58. The predicted octanol–water partition coefficient (Wildman–Crippen LogP) is 2.57. The second-order valence-electron chi connectivity index (χ2n) is 5.37. The molecule has 3 rings (SSSR count). The van der Waals surface area contributed by atoms with Gasteiger partial charge in [0.25, 0.3) is 5.41 Å². The Morgan fingerprint density at radius 1 is 1.00 bits per heavy atom. The van der Waals surface area contributed by atoms with Crippen LogP contribution in [0.5, 0.6) is 0 Å². The van der Waals surface area contributed by atoms with Gasteiger partial charge in [-0.1, -0.05) is 35.9 Å². The van der Waals surface area contributed by atoms with E-state index >= 15 is 0 Å². The van der Waals surface area contributed by atoms with Crippen molar-refractivity contribution < 1.29 is 23.8 Å². The minimum absolute atomic E-state index is 0.141. The molecule has 0 aliphatic carbocycles. The first kappa shape index (κ1) is 17.0. The quantitative estimate of drug-likeness (QED) is 0.364. The van der Waals surface area contributed by atoms with Crippen molar-refractivity contribution in [2.45, 2.75) is 5.41 Å². The number of carbonyl (C=O) groups excluding carboxylic acids is 2. The number of carbonyl (C=O) groups is 2. The molecule has 0 spiro atoms. The van der Waals surface area contributed by atoms with Crippen molar-refractivity contribution in [3.05, 3.63) is 69.9 Å². The molecule has 7 heteroatoms. The van der Waals surface area contributed by atoms with E-state index in [2.05, 4.69) is 0 Å². The van der Waals surface area contributed by atoms with Crippen LogP contribution in [-0.2, 0) is 24.5 Å². The van der Waals surface area contributed by atoms with Crippen LogP contribution < -0.4 is 0 Å². The zero-order chi connectivity index (χ0) is 18.2. The predicted molar refractivity (Wildman–Crippen MR) is 91.0 cm³/mol. The smallest absolute Gasteiger partial charge is 0.339 e. The summed E-state index contributed by atoms with van der Waals surface area (Å²) in [6.45, 7) is 0. The lowest BCUT2D eigenvalue weighted by Gasteiger charge is -2.23. The van der Waals surface area contributed by atoms with Gasteiger partial charge < -0.3 is 14.7 Å². The molecule has 0 aromatic heterocycles. The lowest BCUT2D eigenvalue weighted by Crippen LogP contribution is -2.51. The van der Waals surface area contributed by atoms with Gasteiger partial charge in [0, 0.05) is 6.07 Å². The number of benzene rings is 2. The lowest BCUT2D eigenvalue weighted by molar-refractivity contribution is -0.357. The topological polar surface area (TPSA) is 78.7 Å². The van der Waals surface area contributed by atoms with E-state index in [1.165, 1.54) is 12.1 Å². The van der Waals surface area contributed by atoms with E-state index in [9.17, 15) is 14.8 Å². The van der Waals surface area contributed by atoms with Crippen molar-refractivity contribution in [1.82, 2.24) is 0 Å². The van der Waals surface area contributed by atoms with Crippen molar-refractivity contribution in [3.63, 3.8) is 0 Å². The normalized spacial score (nSPS) is 14.8. The molecule has 0 fully saturated rings. The summed E-state index contributed by atoms with van der Waals surface area (Å²) >= 11 is 6.24. The second kappa shape index (κ2) is 6.22. The lowest BCUT2D eigenvalue weighted by atomic mass is 9.75. The molecule has 6 nitrogen and oxygen atoms in total. The fourth-order valence-corrected chi connectivity index (χ4v) is 3.36. The van der Waals surface area contributed by atoms with Gasteiger partial charge in [-0.15, -0.1) is 0 Å². The molecule has 0 radical (unpaired) electrons. The molecule has 1 aliphatic heterocycles. The highest BCUT2D eigenvalue weighted by Gasteiger charge is 2.65. The molecule has 0 saturated carbocycles. The summed E-state index contributed by atoms with van der Waals surface area (Å²) in [5.74, 6) is -1.83. The molecule has 0 unspecified atom stereocenters. The molecule has 0 atom stereocenters. The van der Waals surface area contributed by atoms with Gasteiger partial charge in [-0.05, 0) is 18.2 Å². The minimum atomic E-state index is -2.05. The zero-order valence-electron chi connectivity index (χ0n) is 13.5. The van der Waals surface area contributed by atoms with E-state index in [0.717, 1.165) is 14.2 Å². The van der Waals surface area contributed by atoms with Crippen LogP contribution in [0.3, 0.4) is 0 Å². The number of rotatable bonds is 3. The Morgan fingerprint density at radius 3 is 2.16 bits per heavy atom. The van der Waals surface area contributed by atoms with E-state index in [-0.39, 0.29) is 27.5 Å². The summed E-state index contributed by atoms with van der Waals surface area (Å²) in [5, 5.41) is 13.2. The zero-order valence-corrected chi connectivity index (χ0v) is 14.2. The van der Waals surface area contributed by atoms with Crippen LogP contribution in [0.15, 0.2) is 48.5 Å². The number of nitrogens with zero attached hydrogens (tertiary/aromatic N) is 1. The third-order valence-electron chi connectivity index (χ3n) is 4.20. The van der Waals surface area contributed by atoms with Crippen LogP contribution in [0, 0.1) is 5.21 Å². The number of halogens is 1. The number of methoxy groups -OCH3 is 2. The van der Waals surface area contributed by atoms with Gasteiger partial charge in [0.1, 0.15) is 0 Å². The van der Waals surface area contributed by atoms with Crippen molar-refractivity contribution in [2.75, 3.05) is 14.2 Å². The van der Waals surface area contributed by atoms with Gasteiger partial charge in [-0.3, -0.25) is 0 Å². The van der Waals surface area contributed by atoms with Crippen LogP contribution in [0.2, 0.25) is 5.02 Å². The average Bonchev–Trinajstić information content (AvgIpc) is 2.91. The van der Waals surface area contributed by atoms with Gasteiger partial charge in [-0.25, -0.2) is 9.59 Å². The largest absolute Gasteiger partial charge is 0.618 e. The SMILES string of the molecule is COC(=O)C1(C(=O)OC)C(c2ccccc2Cl)=[N+]([O-])c2ccccc21. The highest BCUT2D eigenvalue weighted by atomic mass is 35.5. The highest BCUT2D eigenvalue weighted by molar-refractivity contribution is 6.39. The Kier molecular flexibility index (Phi) is 4.22. The number of para-hydroxylation sites is 1. The number of esters is 2. The Labute approximate surface area is 148 Å². The van der Waals surface area contributed by atoms with E-state index in [1.54, 1.807) is 36.4 Å². The van der Waals surface area contributed by atoms with Crippen LogP contribution in [0.25, 0.3) is 0 Å². The van der Waals surface area contributed by atoms with Gasteiger partial charge in [0.15, 0.2) is 0 Å². The summed E-state index contributed by atoms with van der Waals surface area (Å²) in [6.07, 6.45) is 0. The van der Waals surface area contributed by atoms with Crippen LogP contribution >= 0.6 is 11.6 Å². The maximum atomic E-state index is 13.0. The van der Waals surface area contributed by atoms with Crippen molar-refractivity contribution >= 4 is 34.9 Å². The molecule has 2 aromatic carbocycles. The molecule has 25 heavy (non-hydrogen) atoms. The number of hydrogen-bond donors (Lipinski definition) is 0. The molecule has 1 aliphatic rings. The first-order valence-electron chi connectivity index (χ1n) is 7.36. The fraction of sp³-hybridized carbons (Fsp3) is 0.167. The molecular formula is C18H14ClNO5. The molecule has 0 N–H and O–H groups in total. The third kappa shape index (κ3) is 2.21. The summed E-state index contributed by atoms with van der Waals surface area (Å²) in [6, 6.07) is 12.8. The first-order valence-corrected chi connectivity index (χ1v) is 7.73. The van der Waals surface area contributed by atoms with Crippen molar-refractivity contribution in [3.8, 4) is 0 Å². The highest BCUT2D eigenvalue weighted by Crippen LogP contribution is 2.44. The average molecular weight is 360 g/mol. The van der Waals surface area contributed by atoms with Crippen molar-refractivity contribution in [1.29, 1.82) is 0 Å². The Balaban J connectivity index is 2.46. The maximum Gasteiger partial charge on any atom is 0.339 e. The van der Waals surface area contributed by atoms with Crippen LogP contribution in [-0.4, -0.2) is 36.6 Å². The van der Waals surface area contributed by atoms with E-state index < -0.39 is 17.4 Å². The molecule has 0 bridgehead atoms. The number of fused-ring (bicyclic) bond motifs is 1. The standard InChI is InChI=1S/C18H14ClNO5/c1-24-16(21)18(17(22)25-2)12-8-4-6-10-14(12)20(23)15(18)11-7-3-5-9-13(11)19/h3-10H,1-2H3. The molecule has 128 valence electrons. The number of ether oxygens (including phenoxy) is 2. The Hall–Kier alpha value is -2.86. The molecule has 0 saturated heterocycles. The summed E-state index contributed by atoms with van der Waals surface area (Å²) in [7, 11) is 2.29. The molecule has 1 heterocycles. The fourth-order valence-electron chi connectivity index (χ4n) is 3.14. The van der Waals surface area contributed by atoms with Crippen LogP contribution in [0.4, 0.5) is 5.69 Å². The third-order valence-corrected chi connectivity index (χ3v) is 4.53. The Morgan fingerprint density at radius 2 is 1.56 bits per heavy atom. The molecule has 2 aromatic rings. The summed E-state index contributed by atoms with van der Waals surface area (Å²) in [4.78, 5) is 25.6. The van der Waals surface area contributed by atoms with Crippen LogP contribution in [0.1, 0.15) is 11.1 Å². The second-order valence-corrected chi connectivity index (χ2v) is 5.78. The minimum Gasteiger partial charge on any atom is -0.618 e. The van der Waals surface area contributed by atoms with Gasteiger partial charge in [0.2, 0.25) is 11.4 Å². The van der Waals surface area contributed by atoms with Gasteiger partial charge >= 0.3 is 11.9 Å². The Bertz CT molecular complexity index is 890. The molecule has 0 amide bonds. The van der Waals surface area contributed by atoms with E-state index in [0.29, 0.717) is 4.74 Å². The van der Waals surface area contributed by atoms with Gasteiger partial charge in [-0.2, -0.15) is 4.74 Å². The first-order chi connectivity index (χ1) is 12.0. The number of hydrogen-bond acceptors (Lipinski definition) is 5.